The van der Waals surface area contributed by atoms with E-state index >= 15 is 0 Å². The quantitative estimate of drug-likeness (QED) is 0.683. The average Bonchev–Trinajstić information content (AvgIpc) is 2.32. The molecule has 1 aliphatic rings. The molecule has 2 rings (SSSR count). The Bertz CT molecular complexity index is 381. The number of phenols is 1. The molecule has 0 spiro atoms. The number of hydrogen-bond acceptors (Lipinski definition) is 3. The Morgan fingerprint density at radius 3 is 2.67 bits per heavy atom. The van der Waals surface area contributed by atoms with Crippen LogP contribution in [0.5, 0.6) is 5.75 Å². The van der Waals surface area contributed by atoms with E-state index in [1.54, 1.807) is 6.07 Å². The minimum atomic E-state index is -0.0842. The van der Waals surface area contributed by atoms with Crippen molar-refractivity contribution in [1.29, 1.82) is 0 Å². The second-order valence-corrected chi connectivity index (χ2v) is 7.15. The van der Waals surface area contributed by atoms with Crippen LogP contribution >= 0.6 is 23.5 Å². The number of benzene rings is 1. The van der Waals surface area contributed by atoms with Crippen molar-refractivity contribution < 1.29 is 49.2 Å². The summed E-state index contributed by atoms with van der Waals surface area (Å²) >= 11 is 3.83. The summed E-state index contributed by atoms with van der Waals surface area (Å²) in [6, 6.07) is 5.71. The number of thioether (sulfide) groups is 2. The smallest absolute Gasteiger partial charge is 0.120 e. The van der Waals surface area contributed by atoms with E-state index in [2.05, 4.69) is 6.07 Å². The van der Waals surface area contributed by atoms with Crippen LogP contribution in [0, 0.1) is 44.1 Å². The second kappa shape index (κ2) is 8.42. The summed E-state index contributed by atoms with van der Waals surface area (Å²) in [5, 5.41) is 9.95. The maximum atomic E-state index is 9.95. The fourth-order valence-electron chi connectivity index (χ4n) is 1.94. The van der Waals surface area contributed by atoms with Gasteiger partial charge < -0.3 is 10.8 Å². The van der Waals surface area contributed by atoms with Gasteiger partial charge in [0.15, 0.2) is 0 Å². The van der Waals surface area contributed by atoms with Crippen molar-refractivity contribution in [1.82, 2.24) is 0 Å². The van der Waals surface area contributed by atoms with Crippen LogP contribution in [-0.2, 0) is 6.42 Å². The molecule has 18 heavy (non-hydrogen) atoms. The number of rotatable bonds is 3. The molecule has 1 aromatic rings. The molecule has 0 saturated carbocycles. The van der Waals surface area contributed by atoms with Crippen LogP contribution in [0.3, 0.4) is 0 Å². The van der Waals surface area contributed by atoms with Crippen LogP contribution in [0.25, 0.3) is 5.73 Å². The van der Waals surface area contributed by atoms with E-state index in [0.717, 1.165) is 17.5 Å². The summed E-state index contributed by atoms with van der Waals surface area (Å²) in [4.78, 5) is 0. The topological polar surface area (TPSA) is 44.0 Å². The van der Waals surface area contributed by atoms with Crippen LogP contribution in [0.4, 0.5) is 0 Å². The van der Waals surface area contributed by atoms with Gasteiger partial charge in [0.2, 0.25) is 0 Å². The monoisotopic (exact) mass is 495 g/mol. The van der Waals surface area contributed by atoms with Crippen molar-refractivity contribution in [3.05, 3.63) is 35.1 Å². The molecule has 1 saturated heterocycles. The Labute approximate surface area is 153 Å². The van der Waals surface area contributed by atoms with Gasteiger partial charge in [-0.1, -0.05) is 19.1 Å². The van der Waals surface area contributed by atoms with Gasteiger partial charge in [-0.2, -0.15) is 0 Å². The summed E-state index contributed by atoms with van der Waals surface area (Å²) < 4.78 is 0.365. The van der Waals surface area contributed by atoms with E-state index in [4.69, 9.17) is 5.73 Å². The molecule has 2 N–H and O–H groups in total. The van der Waals surface area contributed by atoms with Crippen molar-refractivity contribution in [2.45, 2.75) is 30.4 Å². The summed E-state index contributed by atoms with van der Waals surface area (Å²) in [6.45, 7) is 1.90. The minimum Gasteiger partial charge on any atom is -0.675 e. The Hall–Kier alpha value is 1.12. The molecule has 0 amide bonds. The Morgan fingerprint density at radius 2 is 2.06 bits per heavy atom. The molecule has 2 nitrogen and oxygen atoms in total. The van der Waals surface area contributed by atoms with Gasteiger partial charge in [0.25, 0.3) is 0 Å². The molecule has 5 heteroatoms. The first-order valence-electron chi connectivity index (χ1n) is 5.93. The second-order valence-electron chi connectivity index (χ2n) is 4.43. The Morgan fingerprint density at radius 1 is 1.39 bits per heavy atom. The summed E-state index contributed by atoms with van der Waals surface area (Å²) in [5.41, 5.74) is 9.81. The first-order chi connectivity index (χ1) is 8.16. The summed E-state index contributed by atoms with van der Waals surface area (Å²) in [6.07, 6.45) is 2.02. The standard InChI is InChI=1S/C13H18NOS2.Ac/c1-9(14)7-10-3-4-12(15)11(8-10)13-16-5-2-6-17-13;/h3-4,8-9,13-15H,2,5-7H2,1H3;/q-1;/t9-;/m1./s1. The van der Waals surface area contributed by atoms with Crippen LogP contribution in [0.2, 0.25) is 0 Å². The molecular formula is C13H18AcNOS2-. The van der Waals surface area contributed by atoms with Crippen molar-refractivity contribution >= 4 is 23.5 Å². The van der Waals surface area contributed by atoms with E-state index in [-0.39, 0.29) is 50.1 Å². The maximum Gasteiger partial charge on any atom is 0.120 e. The van der Waals surface area contributed by atoms with Crippen LogP contribution in [-0.4, -0.2) is 22.7 Å². The van der Waals surface area contributed by atoms with Crippen molar-refractivity contribution in [2.75, 3.05) is 11.5 Å². The van der Waals surface area contributed by atoms with Crippen LogP contribution < -0.4 is 0 Å². The molecule has 0 aliphatic carbocycles. The molecule has 1 aromatic carbocycles. The first kappa shape index (κ1) is 17.2. The molecule has 0 bridgehead atoms. The fourth-order valence-corrected chi connectivity index (χ4v) is 4.87. The van der Waals surface area contributed by atoms with Crippen molar-refractivity contribution in [3.63, 3.8) is 0 Å². The summed E-state index contributed by atoms with van der Waals surface area (Å²) in [7, 11) is 0. The fraction of sp³-hybridized carbons (Fsp3) is 0.538. The molecule has 1 radical (unpaired) electrons. The van der Waals surface area contributed by atoms with E-state index in [1.807, 2.05) is 36.5 Å². The average molecular weight is 495 g/mol. The number of hydrogen-bond donors (Lipinski definition) is 1. The van der Waals surface area contributed by atoms with Gasteiger partial charge in [-0.3, -0.25) is 0 Å². The minimum absolute atomic E-state index is 0. The molecular weight excluding hydrogens is 477 g/mol. The molecule has 1 heterocycles. The third-order valence-corrected chi connectivity index (χ3v) is 5.69. The van der Waals surface area contributed by atoms with E-state index in [9.17, 15) is 5.11 Å². The van der Waals surface area contributed by atoms with Gasteiger partial charge in [-0.25, -0.2) is 0 Å². The van der Waals surface area contributed by atoms with Crippen molar-refractivity contribution in [2.24, 2.45) is 0 Å². The zero-order valence-corrected chi connectivity index (χ0v) is 16.9. The Balaban J connectivity index is 0.00000162. The third-order valence-electron chi connectivity index (χ3n) is 2.71. The number of aromatic hydroxyl groups is 1. The predicted octanol–water partition coefficient (Wildman–Crippen LogP) is 4.24. The zero-order chi connectivity index (χ0) is 12.3. The Kier molecular flexibility index (Phi) is 8.03. The van der Waals surface area contributed by atoms with Gasteiger partial charge in [-0.05, 0) is 36.0 Å². The summed E-state index contributed by atoms with van der Waals surface area (Å²) in [5.74, 6) is 2.75. The number of nitrogens with one attached hydrogen (secondary N) is 1. The van der Waals surface area contributed by atoms with Gasteiger partial charge >= 0.3 is 0 Å². The largest absolute Gasteiger partial charge is 0.675 e. The van der Waals surface area contributed by atoms with Crippen LogP contribution in [0.15, 0.2) is 18.2 Å². The SMILES string of the molecule is C[C@@H]([NH-])Cc1ccc(O)c(C2SCCCS2)c1.[Ac]. The number of phenolic OH excluding ortho intramolecular Hbond substituents is 1. The van der Waals surface area contributed by atoms with Crippen LogP contribution in [0.1, 0.15) is 29.1 Å². The molecule has 1 fully saturated rings. The van der Waals surface area contributed by atoms with Gasteiger partial charge in [-0.15, -0.1) is 29.6 Å². The molecule has 1 atom stereocenters. The zero-order valence-electron chi connectivity index (χ0n) is 10.6. The maximum absolute atomic E-state index is 9.95. The first-order valence-corrected chi connectivity index (χ1v) is 8.02. The van der Waals surface area contributed by atoms with Crippen molar-refractivity contribution in [3.8, 4) is 5.75 Å². The van der Waals surface area contributed by atoms with E-state index in [1.165, 1.54) is 17.9 Å². The van der Waals surface area contributed by atoms with Gasteiger partial charge in [0, 0.05) is 49.6 Å². The third kappa shape index (κ3) is 4.90. The van der Waals surface area contributed by atoms with E-state index in [0.29, 0.717) is 10.3 Å². The predicted molar refractivity (Wildman–Crippen MR) is 77.9 cm³/mol. The molecule has 0 unspecified atom stereocenters. The van der Waals surface area contributed by atoms with Gasteiger partial charge in [0.05, 0.1) is 4.58 Å². The van der Waals surface area contributed by atoms with E-state index < -0.39 is 0 Å². The van der Waals surface area contributed by atoms with Gasteiger partial charge in [0.1, 0.15) is 5.75 Å². The molecule has 0 aromatic heterocycles. The molecule has 97 valence electrons. The molecule has 1 aliphatic heterocycles. The normalized spacial score (nSPS) is 18.1.